The lowest BCUT2D eigenvalue weighted by Gasteiger charge is -2.03. The SMILES string of the molecule is C=CCNc1[nH+]c(-c2ccc(O)c(OC)c2)cs1. The number of aromatic hydroxyl groups is 1. The number of benzene rings is 1. The van der Waals surface area contributed by atoms with Gasteiger partial charge in [-0.05, 0) is 18.2 Å². The van der Waals surface area contributed by atoms with Crippen molar-refractivity contribution in [2.45, 2.75) is 0 Å². The Morgan fingerprint density at radius 2 is 2.39 bits per heavy atom. The second-order valence-electron chi connectivity index (χ2n) is 3.66. The van der Waals surface area contributed by atoms with Gasteiger partial charge in [-0.15, -0.1) is 0 Å². The first-order valence-corrected chi connectivity index (χ1v) is 6.35. The van der Waals surface area contributed by atoms with Gasteiger partial charge in [0.2, 0.25) is 0 Å². The van der Waals surface area contributed by atoms with Crippen LogP contribution in [0.5, 0.6) is 11.5 Å². The molecule has 0 saturated carbocycles. The highest BCUT2D eigenvalue weighted by atomic mass is 32.1. The Hall–Kier alpha value is -2.01. The number of ether oxygens (including phenoxy) is 1. The van der Waals surface area contributed by atoms with Crippen molar-refractivity contribution in [1.82, 2.24) is 0 Å². The maximum absolute atomic E-state index is 9.55. The van der Waals surface area contributed by atoms with Gasteiger partial charge in [0.05, 0.1) is 7.11 Å². The highest BCUT2D eigenvalue weighted by Crippen LogP contribution is 2.31. The number of nitrogens with one attached hydrogen (secondary N) is 2. The molecule has 0 aliphatic rings. The van der Waals surface area contributed by atoms with Crippen LogP contribution in [0.2, 0.25) is 0 Å². The molecule has 0 spiro atoms. The van der Waals surface area contributed by atoms with E-state index in [1.807, 2.05) is 11.4 Å². The highest BCUT2D eigenvalue weighted by molar-refractivity contribution is 7.13. The largest absolute Gasteiger partial charge is 0.504 e. The molecular formula is C13H15N2O2S+. The number of anilines is 1. The number of phenolic OH excluding ortho intramolecular Hbond substituents is 1. The van der Waals surface area contributed by atoms with Crippen molar-refractivity contribution in [3.8, 4) is 22.8 Å². The molecule has 0 amide bonds. The third-order valence-corrected chi connectivity index (χ3v) is 3.28. The second kappa shape index (κ2) is 5.55. The van der Waals surface area contributed by atoms with Gasteiger partial charge in [0, 0.05) is 10.9 Å². The maximum atomic E-state index is 9.55. The molecule has 3 N–H and O–H groups in total. The van der Waals surface area contributed by atoms with Crippen molar-refractivity contribution in [3.63, 3.8) is 0 Å². The molecule has 2 aromatic rings. The Kier molecular flexibility index (Phi) is 3.84. The van der Waals surface area contributed by atoms with Crippen LogP contribution in [0, 0.1) is 0 Å². The van der Waals surface area contributed by atoms with E-state index in [9.17, 15) is 5.11 Å². The Balaban J connectivity index is 2.25. The molecule has 4 nitrogen and oxygen atoms in total. The van der Waals surface area contributed by atoms with E-state index in [0.29, 0.717) is 5.75 Å². The number of aromatic nitrogens is 1. The lowest BCUT2D eigenvalue weighted by atomic mass is 10.1. The van der Waals surface area contributed by atoms with Crippen LogP contribution in [0.15, 0.2) is 36.2 Å². The van der Waals surface area contributed by atoms with Crippen LogP contribution in [0.1, 0.15) is 0 Å². The predicted molar refractivity (Wildman–Crippen MR) is 73.2 cm³/mol. The molecule has 5 heteroatoms. The molecule has 18 heavy (non-hydrogen) atoms. The number of thiazole rings is 1. The number of aromatic amines is 1. The number of hydrogen-bond donors (Lipinski definition) is 2. The lowest BCUT2D eigenvalue weighted by Crippen LogP contribution is -2.10. The lowest BCUT2D eigenvalue weighted by molar-refractivity contribution is -0.341. The van der Waals surface area contributed by atoms with Gasteiger partial charge in [-0.25, -0.2) is 4.98 Å². The van der Waals surface area contributed by atoms with Crippen molar-refractivity contribution in [1.29, 1.82) is 0 Å². The molecule has 94 valence electrons. The summed E-state index contributed by atoms with van der Waals surface area (Å²) in [6.45, 7) is 4.37. The van der Waals surface area contributed by atoms with Crippen LogP contribution in [0.3, 0.4) is 0 Å². The van der Waals surface area contributed by atoms with E-state index in [-0.39, 0.29) is 5.75 Å². The standard InChI is InChI=1S/C13H14N2O2S/c1-3-6-14-13-15-10(8-18-13)9-4-5-11(16)12(7-9)17-2/h3-5,7-8,16H,1,6H2,2H3,(H,14,15)/p+1. The predicted octanol–water partition coefficient (Wildman–Crippen LogP) is 2.54. The average molecular weight is 263 g/mol. The first-order valence-electron chi connectivity index (χ1n) is 5.47. The fourth-order valence-electron chi connectivity index (χ4n) is 1.54. The van der Waals surface area contributed by atoms with E-state index in [1.54, 1.807) is 29.5 Å². The van der Waals surface area contributed by atoms with Crippen LogP contribution >= 0.6 is 11.3 Å². The third kappa shape index (κ3) is 2.62. The van der Waals surface area contributed by atoms with Crippen LogP contribution in [-0.2, 0) is 0 Å². The normalized spacial score (nSPS) is 10.1. The summed E-state index contributed by atoms with van der Waals surface area (Å²) in [6, 6.07) is 5.26. The van der Waals surface area contributed by atoms with Crippen LogP contribution in [-0.4, -0.2) is 18.8 Å². The van der Waals surface area contributed by atoms with Gasteiger partial charge in [-0.2, -0.15) is 0 Å². The summed E-state index contributed by atoms with van der Waals surface area (Å²) in [7, 11) is 1.53. The Morgan fingerprint density at radius 3 is 3.11 bits per heavy atom. The minimum absolute atomic E-state index is 0.140. The molecule has 1 heterocycles. The summed E-state index contributed by atoms with van der Waals surface area (Å²) in [5.41, 5.74) is 1.94. The topological polar surface area (TPSA) is 55.6 Å². The molecular weight excluding hydrogens is 248 g/mol. The summed E-state index contributed by atoms with van der Waals surface area (Å²) in [5, 5.41) is 15.7. The van der Waals surface area contributed by atoms with E-state index in [2.05, 4.69) is 16.9 Å². The molecule has 1 aromatic heterocycles. The number of hydrogen-bond acceptors (Lipinski definition) is 4. The summed E-state index contributed by atoms with van der Waals surface area (Å²) < 4.78 is 5.09. The minimum Gasteiger partial charge on any atom is -0.504 e. The van der Waals surface area contributed by atoms with Crippen LogP contribution in [0.25, 0.3) is 11.3 Å². The maximum Gasteiger partial charge on any atom is 0.332 e. The zero-order valence-electron chi connectivity index (χ0n) is 10.1. The summed E-state index contributed by atoms with van der Waals surface area (Å²) >= 11 is 1.58. The van der Waals surface area contributed by atoms with E-state index >= 15 is 0 Å². The zero-order chi connectivity index (χ0) is 13.0. The number of methoxy groups -OCH3 is 1. The third-order valence-electron chi connectivity index (χ3n) is 2.44. The molecule has 2 rings (SSSR count). The Labute approximate surface area is 110 Å². The number of phenols is 1. The minimum atomic E-state index is 0.140. The van der Waals surface area contributed by atoms with Gasteiger partial charge >= 0.3 is 5.13 Å². The van der Waals surface area contributed by atoms with E-state index < -0.39 is 0 Å². The van der Waals surface area contributed by atoms with E-state index in [0.717, 1.165) is 22.9 Å². The number of rotatable bonds is 5. The van der Waals surface area contributed by atoms with Crippen LogP contribution < -0.4 is 15.0 Å². The van der Waals surface area contributed by atoms with Gasteiger partial charge in [0.1, 0.15) is 12.2 Å². The molecule has 0 radical (unpaired) electrons. The van der Waals surface area contributed by atoms with Crippen molar-refractivity contribution in [2.24, 2.45) is 0 Å². The smallest absolute Gasteiger partial charge is 0.332 e. The van der Waals surface area contributed by atoms with Gasteiger partial charge < -0.3 is 9.84 Å². The average Bonchev–Trinajstić information content (AvgIpc) is 2.85. The monoisotopic (exact) mass is 263 g/mol. The van der Waals surface area contributed by atoms with Gasteiger partial charge in [0.15, 0.2) is 11.5 Å². The molecule has 1 aromatic carbocycles. The summed E-state index contributed by atoms with van der Waals surface area (Å²) in [4.78, 5) is 3.26. The molecule has 0 aliphatic heterocycles. The molecule has 0 bridgehead atoms. The summed E-state index contributed by atoms with van der Waals surface area (Å²) in [6.07, 6.45) is 1.80. The van der Waals surface area contributed by atoms with E-state index in [4.69, 9.17) is 4.74 Å². The van der Waals surface area contributed by atoms with E-state index in [1.165, 1.54) is 7.11 Å². The van der Waals surface area contributed by atoms with Crippen molar-refractivity contribution < 1.29 is 14.8 Å². The molecule has 0 fully saturated rings. The number of H-pyrrole nitrogens is 1. The van der Waals surface area contributed by atoms with Gasteiger partial charge in [-0.1, -0.05) is 24.0 Å². The zero-order valence-corrected chi connectivity index (χ0v) is 10.9. The van der Waals surface area contributed by atoms with Crippen molar-refractivity contribution in [2.75, 3.05) is 19.0 Å². The fraction of sp³-hybridized carbons (Fsp3) is 0.154. The fourth-order valence-corrected chi connectivity index (χ4v) is 2.30. The quantitative estimate of drug-likeness (QED) is 0.815. The Morgan fingerprint density at radius 1 is 1.56 bits per heavy atom. The Bertz CT molecular complexity index is 552. The second-order valence-corrected chi connectivity index (χ2v) is 4.54. The first-order chi connectivity index (χ1) is 8.74. The molecule has 0 unspecified atom stereocenters. The highest BCUT2D eigenvalue weighted by Gasteiger charge is 2.11. The van der Waals surface area contributed by atoms with Crippen LogP contribution in [0.4, 0.5) is 5.13 Å². The molecule has 0 atom stereocenters. The van der Waals surface area contributed by atoms with Gasteiger partial charge in [-0.3, -0.25) is 5.32 Å². The van der Waals surface area contributed by atoms with Gasteiger partial charge in [0.25, 0.3) is 0 Å². The molecule has 0 saturated heterocycles. The first kappa shape index (κ1) is 12.4. The summed E-state index contributed by atoms with van der Waals surface area (Å²) in [5.74, 6) is 0.606. The van der Waals surface area contributed by atoms with Crippen molar-refractivity contribution in [3.05, 3.63) is 36.2 Å². The van der Waals surface area contributed by atoms with Crippen molar-refractivity contribution >= 4 is 16.5 Å². The molecule has 0 aliphatic carbocycles.